The number of nitrogens with zero attached hydrogens (tertiary/aromatic N) is 1. The third-order valence-electron chi connectivity index (χ3n) is 2.88. The second-order valence-electron chi connectivity index (χ2n) is 4.29. The predicted octanol–water partition coefficient (Wildman–Crippen LogP) is 2.75. The lowest BCUT2D eigenvalue weighted by atomic mass is 10.1. The maximum absolute atomic E-state index is 11.9. The summed E-state index contributed by atoms with van der Waals surface area (Å²) < 4.78 is 1.68. The Morgan fingerprint density at radius 3 is 2.63 bits per heavy atom. The first-order valence-corrected chi connectivity index (χ1v) is 6.88. The Kier molecular flexibility index (Phi) is 4.16. The Balaban J connectivity index is 2.33. The largest absolute Gasteiger partial charge is 0.481 e. The van der Waals surface area contributed by atoms with Gasteiger partial charge in [-0.1, -0.05) is 41.7 Å². The van der Waals surface area contributed by atoms with Gasteiger partial charge < -0.3 is 5.11 Å². The second-order valence-corrected chi connectivity index (χ2v) is 5.45. The van der Waals surface area contributed by atoms with Crippen molar-refractivity contribution in [1.82, 2.24) is 4.57 Å². The first-order chi connectivity index (χ1) is 9.09. The number of hydrogen-bond donors (Lipinski definition) is 1. The Labute approximate surface area is 115 Å². The van der Waals surface area contributed by atoms with Crippen LogP contribution in [0.15, 0.2) is 35.1 Å². The van der Waals surface area contributed by atoms with Gasteiger partial charge in [-0.05, 0) is 18.9 Å². The van der Waals surface area contributed by atoms with Crippen LogP contribution in [-0.4, -0.2) is 15.6 Å². The molecule has 0 radical (unpaired) electrons. The van der Waals surface area contributed by atoms with E-state index >= 15 is 0 Å². The van der Waals surface area contributed by atoms with Crippen molar-refractivity contribution in [2.75, 3.05) is 0 Å². The van der Waals surface area contributed by atoms with Crippen molar-refractivity contribution in [3.05, 3.63) is 44.9 Å². The monoisotopic (exact) mass is 277 g/mol. The molecule has 0 atom stereocenters. The summed E-state index contributed by atoms with van der Waals surface area (Å²) in [5.41, 5.74) is 1.90. The van der Waals surface area contributed by atoms with E-state index < -0.39 is 5.97 Å². The number of rotatable bonds is 5. The van der Waals surface area contributed by atoms with Gasteiger partial charge in [-0.15, -0.1) is 0 Å². The molecule has 1 N–H and O–H groups in total. The van der Waals surface area contributed by atoms with Crippen molar-refractivity contribution in [2.24, 2.45) is 0 Å². The lowest BCUT2D eigenvalue weighted by Crippen LogP contribution is -2.15. The highest BCUT2D eigenvalue weighted by Crippen LogP contribution is 2.25. The molecule has 1 aromatic carbocycles. The van der Waals surface area contributed by atoms with Gasteiger partial charge in [-0.3, -0.25) is 14.2 Å². The number of carbonyl (C=O) groups is 1. The van der Waals surface area contributed by atoms with Crippen LogP contribution in [0.25, 0.3) is 11.3 Å². The minimum Gasteiger partial charge on any atom is -0.481 e. The van der Waals surface area contributed by atoms with Crippen LogP contribution in [-0.2, 0) is 11.3 Å². The van der Waals surface area contributed by atoms with Crippen LogP contribution in [0.5, 0.6) is 0 Å². The second kappa shape index (κ2) is 5.84. The molecule has 19 heavy (non-hydrogen) atoms. The van der Waals surface area contributed by atoms with Gasteiger partial charge in [0, 0.05) is 17.8 Å². The van der Waals surface area contributed by atoms with E-state index in [0.717, 1.165) is 16.1 Å². The maximum Gasteiger partial charge on any atom is 0.307 e. The molecule has 2 aromatic rings. The normalized spacial score (nSPS) is 10.6. The molecule has 0 unspecified atom stereocenters. The van der Waals surface area contributed by atoms with Crippen molar-refractivity contribution in [3.8, 4) is 11.3 Å². The Hall–Kier alpha value is -1.88. The Morgan fingerprint density at radius 2 is 2.00 bits per heavy atom. The number of thiazole rings is 1. The molecule has 0 aliphatic carbocycles. The lowest BCUT2D eigenvalue weighted by Gasteiger charge is -2.08. The van der Waals surface area contributed by atoms with Gasteiger partial charge in [-0.25, -0.2) is 0 Å². The highest BCUT2D eigenvalue weighted by Gasteiger charge is 2.13. The molecule has 0 aliphatic rings. The number of aliphatic carboxylic acids is 1. The summed E-state index contributed by atoms with van der Waals surface area (Å²) in [6.45, 7) is 2.36. The van der Waals surface area contributed by atoms with Crippen LogP contribution in [0, 0.1) is 6.92 Å². The number of hydrogen-bond acceptors (Lipinski definition) is 3. The zero-order chi connectivity index (χ0) is 13.8. The van der Waals surface area contributed by atoms with Gasteiger partial charge in [0.05, 0.1) is 5.69 Å². The fraction of sp³-hybridized carbons (Fsp3) is 0.286. The third-order valence-corrected chi connectivity index (χ3v) is 3.78. The van der Waals surface area contributed by atoms with Crippen molar-refractivity contribution < 1.29 is 9.90 Å². The fourth-order valence-electron chi connectivity index (χ4n) is 2.06. The average molecular weight is 277 g/mol. The van der Waals surface area contributed by atoms with E-state index in [1.807, 2.05) is 37.3 Å². The third kappa shape index (κ3) is 3.12. The summed E-state index contributed by atoms with van der Waals surface area (Å²) in [6.07, 6.45) is 0.542. The molecule has 4 nitrogen and oxygen atoms in total. The van der Waals surface area contributed by atoms with E-state index in [-0.39, 0.29) is 11.3 Å². The molecule has 0 saturated heterocycles. The van der Waals surface area contributed by atoms with E-state index in [9.17, 15) is 9.59 Å². The van der Waals surface area contributed by atoms with Gasteiger partial charge in [0.15, 0.2) is 0 Å². The average Bonchev–Trinajstić information content (AvgIpc) is 2.65. The molecule has 5 heteroatoms. The molecule has 1 aromatic heterocycles. The summed E-state index contributed by atoms with van der Waals surface area (Å²) >= 11 is 1.21. The quantitative estimate of drug-likeness (QED) is 0.914. The number of aryl methyl sites for hydroxylation is 1. The van der Waals surface area contributed by atoms with Crippen molar-refractivity contribution >= 4 is 17.3 Å². The molecule has 2 rings (SSSR count). The van der Waals surface area contributed by atoms with Crippen LogP contribution < -0.4 is 4.87 Å². The molecule has 0 amide bonds. The van der Waals surface area contributed by atoms with Crippen LogP contribution in [0.1, 0.15) is 17.7 Å². The van der Waals surface area contributed by atoms with Crippen molar-refractivity contribution in [1.29, 1.82) is 0 Å². The first kappa shape index (κ1) is 13.5. The molecule has 0 spiro atoms. The molecule has 0 saturated carbocycles. The SMILES string of the molecule is Cc1sc(=O)n(CCCC(=O)O)c1-c1ccccc1. The van der Waals surface area contributed by atoms with E-state index in [1.165, 1.54) is 11.3 Å². The molecular formula is C14H15NO3S. The highest BCUT2D eigenvalue weighted by atomic mass is 32.1. The number of aromatic nitrogens is 1. The van der Waals surface area contributed by atoms with E-state index in [0.29, 0.717) is 13.0 Å². The zero-order valence-corrected chi connectivity index (χ0v) is 11.4. The van der Waals surface area contributed by atoms with E-state index in [4.69, 9.17) is 5.11 Å². The molecule has 100 valence electrons. The lowest BCUT2D eigenvalue weighted by molar-refractivity contribution is -0.137. The zero-order valence-electron chi connectivity index (χ0n) is 10.6. The summed E-state index contributed by atoms with van der Waals surface area (Å²) in [5, 5.41) is 8.67. The van der Waals surface area contributed by atoms with Gasteiger partial charge in [0.25, 0.3) is 0 Å². The molecular weight excluding hydrogens is 262 g/mol. The topological polar surface area (TPSA) is 59.3 Å². The summed E-state index contributed by atoms with van der Waals surface area (Å²) in [7, 11) is 0. The standard InChI is InChI=1S/C14H15NO3S/c1-10-13(11-6-3-2-4-7-11)15(14(18)19-10)9-5-8-12(16)17/h2-4,6-7H,5,8-9H2,1H3,(H,16,17). The minimum absolute atomic E-state index is 0.0262. The van der Waals surface area contributed by atoms with Gasteiger partial charge >= 0.3 is 10.8 Å². The first-order valence-electron chi connectivity index (χ1n) is 6.07. The number of carboxylic acid groups (broad SMARTS) is 1. The van der Waals surface area contributed by atoms with Crippen molar-refractivity contribution in [3.63, 3.8) is 0 Å². The summed E-state index contributed by atoms with van der Waals surface area (Å²) in [5.74, 6) is -0.832. The van der Waals surface area contributed by atoms with Gasteiger partial charge in [0.2, 0.25) is 0 Å². The Bertz CT molecular complexity index is 628. The number of carboxylic acids is 1. The van der Waals surface area contributed by atoms with Crippen LogP contribution in [0.3, 0.4) is 0 Å². The Morgan fingerprint density at radius 1 is 1.32 bits per heavy atom. The van der Waals surface area contributed by atoms with Gasteiger partial charge in [0.1, 0.15) is 0 Å². The smallest absolute Gasteiger partial charge is 0.307 e. The van der Waals surface area contributed by atoms with Crippen LogP contribution in [0.4, 0.5) is 0 Å². The summed E-state index contributed by atoms with van der Waals surface area (Å²) in [4.78, 5) is 23.4. The fourth-order valence-corrected chi connectivity index (χ4v) is 2.94. The van der Waals surface area contributed by atoms with Crippen LogP contribution >= 0.6 is 11.3 Å². The maximum atomic E-state index is 11.9. The molecule has 0 fully saturated rings. The van der Waals surface area contributed by atoms with Crippen LogP contribution in [0.2, 0.25) is 0 Å². The summed E-state index contributed by atoms with van der Waals surface area (Å²) in [6, 6.07) is 9.71. The van der Waals surface area contributed by atoms with E-state index in [1.54, 1.807) is 4.57 Å². The number of benzene rings is 1. The highest BCUT2D eigenvalue weighted by molar-refractivity contribution is 7.09. The molecule has 0 aliphatic heterocycles. The minimum atomic E-state index is -0.832. The van der Waals surface area contributed by atoms with E-state index in [2.05, 4.69) is 0 Å². The predicted molar refractivity (Wildman–Crippen MR) is 75.6 cm³/mol. The molecule has 0 bridgehead atoms. The van der Waals surface area contributed by atoms with Crippen molar-refractivity contribution in [2.45, 2.75) is 26.3 Å². The molecule has 1 heterocycles. The van der Waals surface area contributed by atoms with Gasteiger partial charge in [-0.2, -0.15) is 0 Å².